The van der Waals surface area contributed by atoms with Crippen molar-refractivity contribution in [2.45, 2.75) is 142 Å². The highest BCUT2D eigenvalue weighted by Crippen LogP contribution is 2.53. The van der Waals surface area contributed by atoms with Crippen molar-refractivity contribution in [2.24, 2.45) is 21.7 Å². The number of likely N-dealkylation sites (N-methyl/N-ethyl adjacent to an activating group) is 1. The molecule has 2 heterocycles. The highest BCUT2D eigenvalue weighted by Gasteiger charge is 2.50. The maximum Gasteiger partial charge on any atom is 0.472 e. The predicted molar refractivity (Wildman–Crippen MR) is 283 cm³/mol. The maximum atomic E-state index is 14.1. The first kappa shape index (κ1) is 63.4. The third-order valence-electron chi connectivity index (χ3n) is 14.6. The van der Waals surface area contributed by atoms with Gasteiger partial charge in [-0.2, -0.15) is 5.10 Å². The van der Waals surface area contributed by atoms with Crippen LogP contribution in [0.3, 0.4) is 0 Å². The molecular weight excluding hydrogens is 1070 g/mol. The molecule has 3 aliphatic rings. The molecule has 0 bridgehead atoms. The number of hydrogen-bond donors (Lipinski definition) is 8. The molecule has 1 fully saturated rings. The largest absolute Gasteiger partial charge is 0.507 e. The highest BCUT2D eigenvalue weighted by molar-refractivity contribution is 7.47. The van der Waals surface area contributed by atoms with Crippen molar-refractivity contribution in [3.8, 4) is 17.2 Å². The number of ether oxygens (including phenoxy) is 5. The molecule has 3 aromatic rings. The molecule has 1 saturated heterocycles. The van der Waals surface area contributed by atoms with E-state index in [9.17, 15) is 59.0 Å². The lowest BCUT2D eigenvalue weighted by Gasteiger charge is -2.43. The molecule has 1 amide bonds. The molecule has 0 saturated carbocycles. The van der Waals surface area contributed by atoms with Gasteiger partial charge in [-0.05, 0) is 59.4 Å². The Morgan fingerprint density at radius 3 is 2.36 bits per heavy atom. The van der Waals surface area contributed by atoms with E-state index in [0.29, 0.717) is 48.9 Å². The van der Waals surface area contributed by atoms with Crippen LogP contribution in [-0.4, -0.2) is 176 Å². The number of amides is 1. The molecule has 0 spiro atoms. The summed E-state index contributed by atoms with van der Waals surface area (Å²) >= 11 is 0. The van der Waals surface area contributed by atoms with Gasteiger partial charge in [-0.25, -0.2) is 9.99 Å². The van der Waals surface area contributed by atoms with Gasteiger partial charge in [-0.1, -0.05) is 30.7 Å². The van der Waals surface area contributed by atoms with Crippen LogP contribution in [0.25, 0.3) is 0 Å². The Balaban J connectivity index is 1.01. The van der Waals surface area contributed by atoms with E-state index in [0.717, 1.165) is 0 Å². The summed E-state index contributed by atoms with van der Waals surface area (Å²) in [7, 11) is 2.67. The standard InChI is InChI=1S/C53H76N7O19P/c1-10-52(5,50(69)74-21-22-77-80(71,72)76-20-19-60(6,7)8)29-51(3,4)49(68)75-28-31-26-59(58-55-31)18-13-11-12-17-38(62)57-56-37(27-61)53(70)24-33-41(36(25-53)79-39-23-34(54)44(63)30(2)78-39)48(67)43-42(46(33)65)45(64)32-15-14-16-35(73-9)40(32)47(43)66/h14-16,26,30,34,36,39,44,61,63,70H,10-13,17-25,27-29,54H2,1-9H3,(H3-,55,57,58,62,64,65,66,67,71,72)/p+1/t30-,34-,36-,39-,44+,52?,53-/m0/s1. The number of nitrogens with zero attached hydrogens (tertiary/aromatic N) is 5. The molecule has 2 unspecified atom stereocenters. The number of esters is 2. The second-order valence-corrected chi connectivity index (χ2v) is 23.9. The van der Waals surface area contributed by atoms with Crippen LogP contribution in [0.15, 0.2) is 29.5 Å². The number of fused-ring (bicyclic) bond motifs is 3. The van der Waals surface area contributed by atoms with Crippen molar-refractivity contribution < 1.29 is 96.2 Å². The number of nitrogens with one attached hydrogen (secondary N) is 1. The molecule has 80 heavy (non-hydrogen) atoms. The first-order chi connectivity index (χ1) is 37.5. The molecule has 1 aliphatic heterocycles. The number of unbranched alkanes of at least 4 members (excludes halogenated alkanes) is 2. The second-order valence-electron chi connectivity index (χ2n) is 22.4. The number of phosphoric acid groups is 1. The topological polar surface area (TPSA) is 370 Å². The van der Waals surface area contributed by atoms with E-state index < -0.39 is 126 Å². The van der Waals surface area contributed by atoms with Gasteiger partial charge in [-0.15, -0.1) is 5.10 Å². The summed E-state index contributed by atoms with van der Waals surface area (Å²) in [6.45, 7) is 7.39. The summed E-state index contributed by atoms with van der Waals surface area (Å²) < 4.78 is 52.7. The Labute approximate surface area is 463 Å². The molecular formula is C53H77N7O19P+. The van der Waals surface area contributed by atoms with Gasteiger partial charge < -0.3 is 64.3 Å². The van der Waals surface area contributed by atoms with Crippen LogP contribution in [0.2, 0.25) is 0 Å². The molecule has 0 radical (unpaired) electrons. The van der Waals surface area contributed by atoms with Crippen LogP contribution in [0, 0.1) is 10.8 Å². The zero-order chi connectivity index (χ0) is 59.1. The Morgan fingerprint density at radius 1 is 1.00 bits per heavy atom. The van der Waals surface area contributed by atoms with Gasteiger partial charge in [0.05, 0.1) is 99.2 Å². The van der Waals surface area contributed by atoms with E-state index in [1.165, 1.54) is 25.3 Å². The smallest absolute Gasteiger partial charge is 0.472 e. The number of methoxy groups -OCH3 is 1. The number of rotatable bonds is 27. The number of phenolic OH excluding ortho intramolecular Hbond substituents is 2. The average molecular weight is 1150 g/mol. The molecule has 8 atom stereocenters. The maximum absolute atomic E-state index is 14.1. The summed E-state index contributed by atoms with van der Waals surface area (Å²) in [6.07, 6.45) is -1.97. The predicted octanol–water partition coefficient (Wildman–Crippen LogP) is 3.02. The number of aromatic nitrogens is 3. The van der Waals surface area contributed by atoms with Gasteiger partial charge in [0.25, 0.3) is 0 Å². The number of ketones is 2. The molecule has 442 valence electrons. The minimum absolute atomic E-state index is 0.00870. The van der Waals surface area contributed by atoms with Crippen molar-refractivity contribution in [1.82, 2.24) is 20.4 Å². The van der Waals surface area contributed by atoms with Crippen LogP contribution >= 0.6 is 7.82 Å². The van der Waals surface area contributed by atoms with Gasteiger partial charge in [-0.3, -0.25) is 37.7 Å². The van der Waals surface area contributed by atoms with Crippen molar-refractivity contribution in [3.63, 3.8) is 0 Å². The number of benzene rings is 2. The Morgan fingerprint density at radius 2 is 1.70 bits per heavy atom. The fourth-order valence-electron chi connectivity index (χ4n) is 9.99. The fraction of sp³-hybridized carbons (Fsp3) is 0.623. The summed E-state index contributed by atoms with van der Waals surface area (Å²) in [6, 6.07) is 3.54. The number of aryl methyl sites for hydroxylation is 1. The average Bonchev–Trinajstić information content (AvgIpc) is 3.95. The Hall–Kier alpha value is -5.77. The lowest BCUT2D eigenvalue weighted by atomic mass is 9.71. The number of aromatic hydroxyl groups is 2. The monoisotopic (exact) mass is 1150 g/mol. The van der Waals surface area contributed by atoms with Crippen molar-refractivity contribution in [2.75, 3.05) is 61.2 Å². The number of phenols is 2. The molecule has 2 aromatic carbocycles. The van der Waals surface area contributed by atoms with Crippen LogP contribution in [0.1, 0.15) is 141 Å². The normalized spacial score (nSPS) is 22.8. The number of hydrazone groups is 1. The van der Waals surface area contributed by atoms with Crippen LogP contribution in [0.5, 0.6) is 17.2 Å². The number of hydrogen-bond acceptors (Lipinski definition) is 22. The molecule has 6 rings (SSSR count). The lowest BCUT2D eigenvalue weighted by Crippen LogP contribution is -2.53. The number of carbonyl (C=O) groups excluding carboxylic acids is 5. The SMILES string of the molecule is CCC(C)(CC(C)(C)C(=O)OCc1cn(CCCCCC(=O)NN=C(CO)[C@]2(O)Cc3c(O)c4c(c(O)c3[C@@H](O[C@H]3C[C@H](N)[C@H](O)[C@H](C)O3)C2)C(=O)c2c(OC)cccc2C4=O)nn1)C(=O)OCCOP(=O)(O)OCC[N+](C)(C)C. The Bertz CT molecular complexity index is 2840. The zero-order valence-electron chi connectivity index (χ0n) is 46.8. The minimum atomic E-state index is -4.35. The van der Waals surface area contributed by atoms with E-state index in [1.807, 2.05) is 21.1 Å². The summed E-state index contributed by atoms with van der Waals surface area (Å²) in [4.78, 5) is 77.7. The number of carbonyl (C=O) groups is 5. The first-order valence-electron chi connectivity index (χ1n) is 26.4. The summed E-state index contributed by atoms with van der Waals surface area (Å²) in [5.74, 6) is -4.74. The number of nitrogens with two attached hydrogens (primary N) is 1. The quantitative estimate of drug-likeness (QED) is 0.00809. The third-order valence-corrected chi connectivity index (χ3v) is 15.6. The van der Waals surface area contributed by atoms with Crippen LogP contribution in [-0.2, 0) is 66.5 Å². The zero-order valence-corrected chi connectivity index (χ0v) is 47.7. The molecule has 1 aromatic heterocycles. The minimum Gasteiger partial charge on any atom is -0.507 e. The lowest BCUT2D eigenvalue weighted by molar-refractivity contribution is -0.870. The van der Waals surface area contributed by atoms with Crippen LogP contribution in [0.4, 0.5) is 0 Å². The van der Waals surface area contributed by atoms with E-state index in [4.69, 9.17) is 38.5 Å². The Kier molecular flexibility index (Phi) is 20.6. The second kappa shape index (κ2) is 26.0. The van der Waals surface area contributed by atoms with Gasteiger partial charge in [0.1, 0.15) is 54.9 Å². The van der Waals surface area contributed by atoms with Crippen molar-refractivity contribution in [3.05, 3.63) is 63.5 Å². The molecule has 2 aliphatic carbocycles. The van der Waals surface area contributed by atoms with E-state index in [1.54, 1.807) is 45.5 Å². The van der Waals surface area contributed by atoms with E-state index in [-0.39, 0.29) is 79.4 Å². The van der Waals surface area contributed by atoms with Gasteiger partial charge in [0.15, 0.2) is 12.1 Å². The number of aliphatic hydroxyl groups is 3. The van der Waals surface area contributed by atoms with Crippen LogP contribution < -0.4 is 15.9 Å². The molecule has 26 nitrogen and oxygen atoms in total. The van der Waals surface area contributed by atoms with Gasteiger partial charge in [0, 0.05) is 55.0 Å². The van der Waals surface area contributed by atoms with Crippen molar-refractivity contribution in [1.29, 1.82) is 0 Å². The van der Waals surface area contributed by atoms with E-state index in [2.05, 4.69) is 20.8 Å². The fourth-order valence-corrected chi connectivity index (χ4v) is 10.7. The number of phosphoric ester groups is 1. The third kappa shape index (κ3) is 15.0. The van der Waals surface area contributed by atoms with E-state index >= 15 is 0 Å². The van der Waals surface area contributed by atoms with Crippen molar-refractivity contribution >= 4 is 42.9 Å². The first-order valence-corrected chi connectivity index (χ1v) is 27.9. The molecule has 27 heteroatoms. The number of quaternary nitrogens is 1. The van der Waals surface area contributed by atoms with Gasteiger partial charge >= 0.3 is 19.8 Å². The summed E-state index contributed by atoms with van der Waals surface area (Å²) in [5.41, 5.74) is 2.57. The molecule has 9 N–H and O–H groups in total. The van der Waals surface area contributed by atoms with Gasteiger partial charge in [0.2, 0.25) is 11.7 Å². The summed E-state index contributed by atoms with van der Waals surface area (Å²) in [5, 5.41) is 69.6. The highest BCUT2D eigenvalue weighted by atomic mass is 31.2. The number of aliphatic hydroxyl groups excluding tert-OH is 2.